The molecule has 3 aromatic carbocycles. The molecule has 1 amide bonds. The van der Waals surface area contributed by atoms with Gasteiger partial charge in [-0.2, -0.15) is 0 Å². The molecule has 0 fully saturated rings. The second kappa shape index (κ2) is 13.6. The van der Waals surface area contributed by atoms with E-state index in [2.05, 4.69) is 0 Å². The molecular formula is C33H38ClNO7. The second-order valence-electron chi connectivity index (χ2n) is 11.3. The normalized spacial score (nSPS) is 17.0. The van der Waals surface area contributed by atoms with Gasteiger partial charge >= 0.3 is 5.97 Å². The highest BCUT2D eigenvalue weighted by molar-refractivity contribution is 6.30. The first kappa shape index (κ1) is 31.3. The van der Waals surface area contributed by atoms with Crippen LogP contribution in [0.1, 0.15) is 55.0 Å². The number of fused-ring (bicyclic) bond motifs is 1. The minimum absolute atomic E-state index is 0.0729. The number of rotatable bonds is 12. The van der Waals surface area contributed by atoms with Gasteiger partial charge < -0.3 is 29.3 Å². The van der Waals surface area contributed by atoms with Crippen molar-refractivity contribution < 1.29 is 34.0 Å². The summed E-state index contributed by atoms with van der Waals surface area (Å²) in [5.74, 6) is 0.00264. The highest BCUT2D eigenvalue weighted by Gasteiger charge is 2.39. The first-order valence-electron chi connectivity index (χ1n) is 13.9. The van der Waals surface area contributed by atoms with Crippen molar-refractivity contribution in [3.05, 3.63) is 87.9 Å². The van der Waals surface area contributed by atoms with Gasteiger partial charge in [0.1, 0.15) is 12.2 Å². The molecule has 9 heteroatoms. The highest BCUT2D eigenvalue weighted by Crippen LogP contribution is 2.45. The van der Waals surface area contributed by atoms with Crippen LogP contribution >= 0.6 is 11.6 Å². The number of carbonyl (C=O) groups is 2. The van der Waals surface area contributed by atoms with E-state index in [1.54, 1.807) is 31.3 Å². The van der Waals surface area contributed by atoms with Crippen molar-refractivity contribution in [2.24, 2.45) is 5.41 Å². The molecule has 0 bridgehead atoms. The molecular weight excluding hydrogens is 558 g/mol. The van der Waals surface area contributed by atoms with Gasteiger partial charge in [0.2, 0.25) is 0 Å². The van der Waals surface area contributed by atoms with Crippen molar-refractivity contribution in [3.63, 3.8) is 0 Å². The van der Waals surface area contributed by atoms with Crippen LogP contribution < -0.4 is 14.4 Å². The number of carboxylic acids is 1. The number of aliphatic hydroxyl groups is 1. The van der Waals surface area contributed by atoms with Crippen LogP contribution in [0.25, 0.3) is 0 Å². The molecule has 0 aromatic heterocycles. The lowest BCUT2D eigenvalue weighted by molar-refractivity contribution is -0.137. The number of carboxylic acid groups (broad SMARTS) is 1. The molecule has 1 aliphatic rings. The first-order valence-corrected chi connectivity index (χ1v) is 14.3. The number of aliphatic hydroxyl groups excluding tert-OH is 1. The molecule has 0 saturated carbocycles. The van der Waals surface area contributed by atoms with Crippen LogP contribution in [0.5, 0.6) is 11.5 Å². The lowest BCUT2D eigenvalue weighted by Crippen LogP contribution is -2.45. The molecule has 1 aliphatic heterocycles. The molecule has 1 heterocycles. The summed E-state index contributed by atoms with van der Waals surface area (Å²) in [7, 11) is 3.13. The van der Waals surface area contributed by atoms with E-state index in [4.69, 9.17) is 30.9 Å². The number of hydrogen-bond acceptors (Lipinski definition) is 6. The average Bonchev–Trinajstić information content (AvgIpc) is 3.08. The van der Waals surface area contributed by atoms with Crippen LogP contribution in [-0.4, -0.2) is 55.6 Å². The number of aryl methyl sites for hydroxylation is 2. The fourth-order valence-corrected chi connectivity index (χ4v) is 5.36. The molecule has 2 atom stereocenters. The minimum Gasteiger partial charge on any atom is -0.493 e. The van der Waals surface area contributed by atoms with E-state index in [9.17, 15) is 14.7 Å². The number of nitrogens with zero attached hydrogens (tertiary/aromatic N) is 1. The maximum Gasteiger partial charge on any atom is 0.303 e. The molecule has 8 nitrogen and oxygen atoms in total. The summed E-state index contributed by atoms with van der Waals surface area (Å²) < 4.78 is 18.0. The van der Waals surface area contributed by atoms with Crippen molar-refractivity contribution in [2.45, 2.75) is 51.7 Å². The Morgan fingerprint density at radius 1 is 1.00 bits per heavy atom. The van der Waals surface area contributed by atoms with Crippen LogP contribution in [-0.2, 0) is 27.2 Å². The molecule has 3 aromatic rings. The van der Waals surface area contributed by atoms with E-state index in [1.165, 1.54) is 0 Å². The second-order valence-corrected chi connectivity index (χ2v) is 11.7. The Morgan fingerprint density at radius 2 is 1.69 bits per heavy atom. The van der Waals surface area contributed by atoms with Gasteiger partial charge in [-0.15, -0.1) is 0 Å². The molecule has 0 radical (unpaired) electrons. The smallest absolute Gasteiger partial charge is 0.303 e. The lowest BCUT2D eigenvalue weighted by atomic mass is 9.92. The summed E-state index contributed by atoms with van der Waals surface area (Å²) in [6, 6.07) is 18.7. The Labute approximate surface area is 251 Å². The standard InChI is InChI=1S/C33H38ClNO7/c1-33(2,20-36)19-35-26-15-14-23(34)18-25(26)30(24-6-5-7-27(40-3)31(24)41-4)42-28(32(35)39)16-12-21-8-10-22(11-9-21)13-17-29(37)38/h5-11,14-15,18,28,30,36H,12-13,16-17,19-20H2,1-4H3,(H,37,38). The Hall–Kier alpha value is -3.59. The fraction of sp³-hybridized carbons (Fsp3) is 0.394. The molecule has 0 aliphatic carbocycles. The zero-order valence-electron chi connectivity index (χ0n) is 24.4. The summed E-state index contributed by atoms with van der Waals surface area (Å²) in [6.07, 6.45) is -0.0274. The van der Waals surface area contributed by atoms with Gasteiger partial charge in [-0.1, -0.05) is 61.8 Å². The summed E-state index contributed by atoms with van der Waals surface area (Å²) in [5, 5.41) is 19.6. The molecule has 224 valence electrons. The van der Waals surface area contributed by atoms with Gasteiger partial charge in [-0.05, 0) is 54.7 Å². The summed E-state index contributed by atoms with van der Waals surface area (Å²) in [5.41, 5.74) is 3.44. The topological polar surface area (TPSA) is 106 Å². The van der Waals surface area contributed by atoms with Gasteiger partial charge in [0.05, 0.1) is 14.2 Å². The summed E-state index contributed by atoms with van der Waals surface area (Å²) >= 11 is 6.50. The number of benzene rings is 3. The van der Waals surface area contributed by atoms with E-state index in [-0.39, 0.29) is 25.5 Å². The zero-order chi connectivity index (χ0) is 30.4. The van der Waals surface area contributed by atoms with Gasteiger partial charge in [-0.3, -0.25) is 9.59 Å². The SMILES string of the molecule is COc1cccc(C2OC(CCc3ccc(CCC(=O)O)cc3)C(=O)N(CC(C)(C)CO)c3ccc(Cl)cc32)c1OC. The fourth-order valence-electron chi connectivity index (χ4n) is 5.18. The Morgan fingerprint density at radius 3 is 2.31 bits per heavy atom. The van der Waals surface area contributed by atoms with E-state index >= 15 is 0 Å². The molecule has 0 spiro atoms. The average molecular weight is 596 g/mol. The maximum atomic E-state index is 14.2. The maximum absolute atomic E-state index is 14.2. The van der Waals surface area contributed by atoms with Gasteiger partial charge in [0, 0.05) is 46.8 Å². The van der Waals surface area contributed by atoms with Crippen LogP contribution in [0, 0.1) is 5.41 Å². The van der Waals surface area contributed by atoms with Crippen LogP contribution in [0.15, 0.2) is 60.7 Å². The number of halogens is 1. The number of para-hydroxylation sites is 1. The Balaban J connectivity index is 1.74. The third-order valence-electron chi connectivity index (χ3n) is 7.48. The quantitative estimate of drug-likeness (QED) is 0.271. The van der Waals surface area contributed by atoms with Crippen molar-refractivity contribution >= 4 is 29.2 Å². The molecule has 2 unspecified atom stereocenters. The third kappa shape index (κ3) is 7.24. The van der Waals surface area contributed by atoms with Crippen molar-refractivity contribution in [1.82, 2.24) is 0 Å². The highest BCUT2D eigenvalue weighted by atomic mass is 35.5. The summed E-state index contributed by atoms with van der Waals surface area (Å²) in [4.78, 5) is 26.9. The van der Waals surface area contributed by atoms with Gasteiger partial charge in [0.25, 0.3) is 5.91 Å². The predicted octanol–water partition coefficient (Wildman–Crippen LogP) is 5.85. The molecule has 0 saturated heterocycles. The number of methoxy groups -OCH3 is 2. The van der Waals surface area contributed by atoms with E-state index < -0.39 is 23.6 Å². The van der Waals surface area contributed by atoms with Crippen molar-refractivity contribution in [3.8, 4) is 11.5 Å². The number of carbonyl (C=O) groups excluding carboxylic acids is 1. The number of aliphatic carboxylic acids is 1. The van der Waals surface area contributed by atoms with E-state index in [0.717, 1.165) is 11.1 Å². The number of ether oxygens (including phenoxy) is 3. The first-order chi connectivity index (χ1) is 20.1. The Kier molecular flexibility index (Phi) is 10.1. The summed E-state index contributed by atoms with van der Waals surface area (Å²) in [6.45, 7) is 3.99. The predicted molar refractivity (Wildman–Crippen MR) is 162 cm³/mol. The van der Waals surface area contributed by atoms with Crippen molar-refractivity contribution in [1.29, 1.82) is 0 Å². The zero-order valence-corrected chi connectivity index (χ0v) is 25.2. The van der Waals surface area contributed by atoms with Crippen LogP contribution in [0.3, 0.4) is 0 Å². The van der Waals surface area contributed by atoms with Gasteiger partial charge in [0.15, 0.2) is 11.5 Å². The molecule has 2 N–H and O–H groups in total. The monoisotopic (exact) mass is 595 g/mol. The van der Waals surface area contributed by atoms with E-state index in [0.29, 0.717) is 52.6 Å². The van der Waals surface area contributed by atoms with Gasteiger partial charge in [-0.25, -0.2) is 0 Å². The lowest BCUT2D eigenvalue weighted by Gasteiger charge is -2.32. The Bertz CT molecular complexity index is 1410. The minimum atomic E-state index is -0.832. The van der Waals surface area contributed by atoms with E-state index in [1.807, 2.05) is 62.4 Å². The van der Waals surface area contributed by atoms with Crippen LogP contribution in [0.4, 0.5) is 5.69 Å². The number of hydrogen-bond donors (Lipinski definition) is 2. The molecule has 42 heavy (non-hydrogen) atoms. The largest absolute Gasteiger partial charge is 0.493 e. The number of anilines is 1. The third-order valence-corrected chi connectivity index (χ3v) is 7.72. The van der Waals surface area contributed by atoms with Crippen molar-refractivity contribution in [2.75, 3.05) is 32.3 Å². The number of amides is 1. The van der Waals surface area contributed by atoms with Crippen LogP contribution in [0.2, 0.25) is 5.02 Å². The molecule has 4 rings (SSSR count).